The summed E-state index contributed by atoms with van der Waals surface area (Å²) in [6.07, 6.45) is 1.84. The molecule has 0 radical (unpaired) electrons. The summed E-state index contributed by atoms with van der Waals surface area (Å²) in [6.45, 7) is 8.31. The molecule has 0 spiro atoms. The van der Waals surface area contributed by atoms with E-state index < -0.39 is 11.7 Å². The molecule has 0 amide bonds. The lowest BCUT2D eigenvalue weighted by Gasteiger charge is -2.35. The number of hydrogen-bond donors (Lipinski definition) is 1. The van der Waals surface area contributed by atoms with E-state index in [1.165, 1.54) is 16.7 Å². The monoisotopic (exact) mass is 250 g/mol. The Kier molecular flexibility index (Phi) is 5.36. The Labute approximate surface area is 111 Å². The highest BCUT2D eigenvalue weighted by molar-refractivity contribution is 5.29. The van der Waals surface area contributed by atoms with Crippen LogP contribution in [0.15, 0.2) is 18.2 Å². The van der Waals surface area contributed by atoms with Gasteiger partial charge in [0, 0.05) is 13.5 Å². The number of aliphatic hydroxyl groups excluding tert-OH is 1. The van der Waals surface area contributed by atoms with Gasteiger partial charge >= 0.3 is 0 Å². The molecular weight excluding hydrogens is 224 g/mol. The minimum absolute atomic E-state index is 0.419. The Hall–Kier alpha value is -0.860. The molecule has 102 valence electrons. The van der Waals surface area contributed by atoms with Gasteiger partial charge in [-0.1, -0.05) is 43.2 Å². The molecule has 0 aliphatic heterocycles. The molecule has 1 rings (SSSR count). The lowest BCUT2D eigenvalue weighted by Crippen LogP contribution is -2.44. The Morgan fingerprint density at radius 1 is 1.11 bits per heavy atom. The Bertz CT molecular complexity index is 352. The van der Waals surface area contributed by atoms with E-state index in [0.717, 1.165) is 12.8 Å². The van der Waals surface area contributed by atoms with E-state index in [-0.39, 0.29) is 0 Å². The quantitative estimate of drug-likeness (QED) is 0.838. The van der Waals surface area contributed by atoms with Crippen molar-refractivity contribution in [3.8, 4) is 0 Å². The van der Waals surface area contributed by atoms with E-state index in [2.05, 4.69) is 45.9 Å². The lowest BCUT2D eigenvalue weighted by atomic mass is 9.86. The molecule has 0 aliphatic carbocycles. The summed E-state index contributed by atoms with van der Waals surface area (Å²) >= 11 is 0. The molecule has 18 heavy (non-hydrogen) atoms. The fourth-order valence-corrected chi connectivity index (χ4v) is 2.74. The van der Waals surface area contributed by atoms with Gasteiger partial charge in [-0.25, -0.2) is 0 Å². The fraction of sp³-hybridized carbons (Fsp3) is 0.625. The largest absolute Gasteiger partial charge is 0.390 e. The molecule has 0 bridgehead atoms. The average molecular weight is 250 g/mol. The maximum absolute atomic E-state index is 10.5. The second-order valence-corrected chi connectivity index (χ2v) is 5.19. The highest BCUT2D eigenvalue weighted by atomic mass is 16.5. The molecule has 2 heteroatoms. The van der Waals surface area contributed by atoms with Crippen LogP contribution in [0, 0.1) is 13.8 Å². The lowest BCUT2D eigenvalue weighted by molar-refractivity contribution is -0.106. The number of hydrogen-bond acceptors (Lipinski definition) is 2. The first-order valence-corrected chi connectivity index (χ1v) is 6.77. The molecule has 2 nitrogen and oxygen atoms in total. The molecule has 1 N–H and O–H groups in total. The Morgan fingerprint density at radius 3 is 2.00 bits per heavy atom. The maximum atomic E-state index is 10.5. The summed E-state index contributed by atoms with van der Waals surface area (Å²) < 4.78 is 5.58. The van der Waals surface area contributed by atoms with Gasteiger partial charge in [-0.2, -0.15) is 0 Å². The van der Waals surface area contributed by atoms with Gasteiger partial charge in [-0.05, 0) is 32.3 Å². The van der Waals surface area contributed by atoms with Crippen LogP contribution in [0.25, 0.3) is 0 Å². The van der Waals surface area contributed by atoms with Gasteiger partial charge in [0.15, 0.2) is 0 Å². The third-order valence-corrected chi connectivity index (χ3v) is 3.92. The van der Waals surface area contributed by atoms with Crippen LogP contribution in [-0.4, -0.2) is 23.9 Å². The molecule has 0 aromatic heterocycles. The average Bonchev–Trinajstić information content (AvgIpc) is 2.30. The van der Waals surface area contributed by atoms with Crippen LogP contribution >= 0.6 is 0 Å². The number of benzene rings is 1. The number of aryl methyl sites for hydroxylation is 2. The van der Waals surface area contributed by atoms with Crippen LogP contribution in [-0.2, 0) is 11.2 Å². The predicted octanol–water partition coefficient (Wildman–Crippen LogP) is 3.41. The van der Waals surface area contributed by atoms with E-state index in [1.807, 2.05) is 0 Å². The van der Waals surface area contributed by atoms with Crippen LogP contribution < -0.4 is 0 Å². The molecule has 1 aromatic carbocycles. The summed E-state index contributed by atoms with van der Waals surface area (Å²) in [7, 11) is 1.69. The first kappa shape index (κ1) is 15.2. The van der Waals surface area contributed by atoms with Gasteiger partial charge < -0.3 is 9.84 Å². The van der Waals surface area contributed by atoms with Crippen LogP contribution in [0.3, 0.4) is 0 Å². The summed E-state index contributed by atoms with van der Waals surface area (Å²) in [4.78, 5) is 0. The molecule has 0 heterocycles. The van der Waals surface area contributed by atoms with Gasteiger partial charge in [0.05, 0.1) is 11.7 Å². The SMILES string of the molecule is CCC(CC)(OC)C(O)Cc1cc(C)cc(C)c1. The number of rotatable bonds is 6. The van der Waals surface area contributed by atoms with E-state index in [0.29, 0.717) is 6.42 Å². The third kappa shape index (κ3) is 3.33. The first-order valence-electron chi connectivity index (χ1n) is 6.77. The van der Waals surface area contributed by atoms with Crippen molar-refractivity contribution >= 4 is 0 Å². The molecule has 0 aliphatic rings. The third-order valence-electron chi connectivity index (χ3n) is 3.92. The number of methoxy groups -OCH3 is 1. The predicted molar refractivity (Wildman–Crippen MR) is 75.9 cm³/mol. The Balaban J connectivity index is 2.88. The van der Waals surface area contributed by atoms with Crippen molar-refractivity contribution in [3.63, 3.8) is 0 Å². The van der Waals surface area contributed by atoms with Gasteiger partial charge in [-0.15, -0.1) is 0 Å². The number of ether oxygens (including phenoxy) is 1. The summed E-state index contributed by atoms with van der Waals surface area (Å²) in [5, 5.41) is 10.5. The zero-order valence-electron chi connectivity index (χ0n) is 12.3. The van der Waals surface area contributed by atoms with Crippen molar-refractivity contribution < 1.29 is 9.84 Å². The zero-order valence-corrected chi connectivity index (χ0v) is 12.3. The Morgan fingerprint density at radius 2 is 1.61 bits per heavy atom. The van der Waals surface area contributed by atoms with Crippen molar-refractivity contribution in [2.24, 2.45) is 0 Å². The van der Waals surface area contributed by atoms with Crippen molar-refractivity contribution in [1.29, 1.82) is 0 Å². The van der Waals surface area contributed by atoms with E-state index >= 15 is 0 Å². The van der Waals surface area contributed by atoms with Crippen molar-refractivity contribution in [2.75, 3.05) is 7.11 Å². The minimum atomic E-state index is -0.460. The highest BCUT2D eigenvalue weighted by Gasteiger charge is 2.34. The minimum Gasteiger partial charge on any atom is -0.390 e. The van der Waals surface area contributed by atoms with E-state index in [4.69, 9.17) is 4.74 Å². The fourth-order valence-electron chi connectivity index (χ4n) is 2.74. The maximum Gasteiger partial charge on any atom is 0.0934 e. The molecular formula is C16H26O2. The van der Waals surface area contributed by atoms with Crippen LogP contribution in [0.2, 0.25) is 0 Å². The second kappa shape index (κ2) is 6.35. The molecule has 1 aromatic rings. The van der Waals surface area contributed by atoms with Crippen molar-refractivity contribution in [2.45, 2.75) is 58.7 Å². The molecule has 0 saturated carbocycles. The zero-order chi connectivity index (χ0) is 13.8. The highest BCUT2D eigenvalue weighted by Crippen LogP contribution is 2.27. The van der Waals surface area contributed by atoms with Crippen LogP contribution in [0.4, 0.5) is 0 Å². The number of aliphatic hydroxyl groups is 1. The van der Waals surface area contributed by atoms with E-state index in [9.17, 15) is 5.11 Å². The van der Waals surface area contributed by atoms with Gasteiger partial charge in [0.1, 0.15) is 0 Å². The normalized spacial score (nSPS) is 13.7. The molecule has 0 saturated heterocycles. The standard InChI is InChI=1S/C16H26O2/c1-6-16(7-2,18-5)15(17)11-14-9-12(3)8-13(4)10-14/h8-10,15,17H,6-7,11H2,1-5H3. The summed E-state index contributed by atoms with van der Waals surface area (Å²) in [6, 6.07) is 6.43. The van der Waals surface area contributed by atoms with Crippen LogP contribution in [0.5, 0.6) is 0 Å². The van der Waals surface area contributed by atoms with Crippen molar-refractivity contribution in [1.82, 2.24) is 0 Å². The summed E-state index contributed by atoms with van der Waals surface area (Å²) in [5.74, 6) is 0. The first-order chi connectivity index (χ1) is 8.47. The van der Waals surface area contributed by atoms with Crippen LogP contribution in [0.1, 0.15) is 43.4 Å². The molecule has 1 unspecified atom stereocenters. The van der Waals surface area contributed by atoms with Gasteiger partial charge in [-0.3, -0.25) is 0 Å². The molecule has 1 atom stereocenters. The smallest absolute Gasteiger partial charge is 0.0934 e. The second-order valence-electron chi connectivity index (χ2n) is 5.19. The van der Waals surface area contributed by atoms with Crippen molar-refractivity contribution in [3.05, 3.63) is 34.9 Å². The molecule has 0 fully saturated rings. The van der Waals surface area contributed by atoms with Gasteiger partial charge in [0.2, 0.25) is 0 Å². The summed E-state index contributed by atoms with van der Waals surface area (Å²) in [5.41, 5.74) is 3.25. The van der Waals surface area contributed by atoms with E-state index in [1.54, 1.807) is 7.11 Å². The van der Waals surface area contributed by atoms with Gasteiger partial charge in [0.25, 0.3) is 0 Å². The topological polar surface area (TPSA) is 29.5 Å².